The normalized spacial score (nSPS) is 17.2. The molecule has 0 aliphatic carbocycles. The maximum atomic E-state index is 9.84. The first-order valence-corrected chi connectivity index (χ1v) is 7.08. The number of hydrogen-bond acceptors (Lipinski definition) is 6. The van der Waals surface area contributed by atoms with E-state index >= 15 is 0 Å². The predicted octanol–water partition coefficient (Wildman–Crippen LogP) is 0.00370. The summed E-state index contributed by atoms with van der Waals surface area (Å²) < 4.78 is 0. The highest BCUT2D eigenvalue weighted by Gasteiger charge is 2.23. The van der Waals surface area contributed by atoms with Gasteiger partial charge in [-0.1, -0.05) is 12.2 Å². The number of aromatic nitrogens is 2. The van der Waals surface area contributed by atoms with Gasteiger partial charge in [-0.05, 0) is 19.9 Å². The molecule has 0 saturated carbocycles. The monoisotopic (exact) mass is 295 g/mol. The zero-order valence-electron chi connectivity index (χ0n) is 11.9. The molecule has 20 heavy (non-hydrogen) atoms. The summed E-state index contributed by atoms with van der Waals surface area (Å²) >= 11 is 4.93. The maximum absolute atomic E-state index is 9.84. The molecule has 0 radical (unpaired) electrons. The Morgan fingerprint density at radius 1 is 1.40 bits per heavy atom. The average molecular weight is 295 g/mol. The van der Waals surface area contributed by atoms with Gasteiger partial charge in [0.15, 0.2) is 0 Å². The summed E-state index contributed by atoms with van der Waals surface area (Å²) in [4.78, 5) is 13.3. The minimum absolute atomic E-state index is 0.286. The summed E-state index contributed by atoms with van der Waals surface area (Å²) in [5.41, 5.74) is 5.53. The van der Waals surface area contributed by atoms with Crippen LogP contribution in [0.2, 0.25) is 0 Å². The van der Waals surface area contributed by atoms with Crippen molar-refractivity contribution in [2.75, 3.05) is 37.6 Å². The predicted molar refractivity (Wildman–Crippen MR) is 82.9 cm³/mol. The lowest BCUT2D eigenvalue weighted by Gasteiger charge is -2.37. The molecular formula is C13H21N5OS. The number of aliphatic hydroxyl groups is 1. The third-order valence-corrected chi connectivity index (χ3v) is 3.37. The molecule has 2 heterocycles. The van der Waals surface area contributed by atoms with Crippen molar-refractivity contribution in [1.82, 2.24) is 14.9 Å². The van der Waals surface area contributed by atoms with Crippen LogP contribution in [0.15, 0.2) is 12.3 Å². The van der Waals surface area contributed by atoms with Crippen molar-refractivity contribution in [2.24, 2.45) is 5.73 Å². The lowest BCUT2D eigenvalue weighted by Crippen LogP contribution is -2.51. The number of rotatable bonds is 4. The average Bonchev–Trinajstić information content (AvgIpc) is 2.38. The van der Waals surface area contributed by atoms with Gasteiger partial charge in [0.1, 0.15) is 10.7 Å². The van der Waals surface area contributed by atoms with Crippen LogP contribution in [0, 0.1) is 0 Å². The number of β-amino-alcohol motifs (C(OH)–C–C–N with tert-alkyl or cyclic N) is 1. The molecule has 110 valence electrons. The lowest BCUT2D eigenvalue weighted by molar-refractivity contribution is 0.0344. The molecule has 0 spiro atoms. The highest BCUT2D eigenvalue weighted by Crippen LogP contribution is 2.13. The Kier molecular flexibility index (Phi) is 4.52. The molecule has 0 unspecified atom stereocenters. The van der Waals surface area contributed by atoms with Gasteiger partial charge in [-0.2, -0.15) is 0 Å². The van der Waals surface area contributed by atoms with E-state index in [1.165, 1.54) is 0 Å². The molecule has 1 aromatic heterocycles. The molecule has 1 aliphatic heterocycles. The van der Waals surface area contributed by atoms with Crippen molar-refractivity contribution >= 4 is 23.2 Å². The van der Waals surface area contributed by atoms with Gasteiger partial charge in [0, 0.05) is 38.9 Å². The van der Waals surface area contributed by atoms with Crippen LogP contribution >= 0.6 is 12.2 Å². The fourth-order valence-electron chi connectivity index (χ4n) is 2.29. The molecule has 1 aliphatic rings. The number of nitrogens with two attached hydrogens (primary N) is 1. The van der Waals surface area contributed by atoms with Crippen molar-refractivity contribution < 1.29 is 5.11 Å². The van der Waals surface area contributed by atoms with Gasteiger partial charge in [-0.25, -0.2) is 9.97 Å². The minimum Gasteiger partial charge on any atom is -0.389 e. The van der Waals surface area contributed by atoms with Crippen LogP contribution in [0.4, 0.5) is 5.95 Å². The van der Waals surface area contributed by atoms with Crippen LogP contribution < -0.4 is 10.6 Å². The van der Waals surface area contributed by atoms with Gasteiger partial charge in [-0.15, -0.1) is 0 Å². The van der Waals surface area contributed by atoms with Crippen molar-refractivity contribution in [1.29, 1.82) is 0 Å². The summed E-state index contributed by atoms with van der Waals surface area (Å²) in [5, 5.41) is 9.84. The van der Waals surface area contributed by atoms with Gasteiger partial charge in [0.05, 0.1) is 5.60 Å². The van der Waals surface area contributed by atoms with Gasteiger partial charge in [0.2, 0.25) is 5.95 Å². The molecule has 0 aromatic carbocycles. The molecule has 2 rings (SSSR count). The van der Waals surface area contributed by atoms with Crippen molar-refractivity contribution in [2.45, 2.75) is 19.4 Å². The first-order valence-electron chi connectivity index (χ1n) is 6.68. The van der Waals surface area contributed by atoms with E-state index in [2.05, 4.69) is 19.8 Å². The highest BCUT2D eigenvalue weighted by molar-refractivity contribution is 7.80. The Bertz CT molecular complexity index is 480. The molecule has 1 aromatic rings. The lowest BCUT2D eigenvalue weighted by atomic mass is 10.1. The smallest absolute Gasteiger partial charge is 0.226 e. The standard InChI is InChI=1S/C13H21N5OS/c1-13(2,19)9-17-5-7-18(8-6-17)12-15-4-3-10(16-12)11(14)20/h3-4,19H,5-9H2,1-2H3,(H2,14,20). The maximum Gasteiger partial charge on any atom is 0.226 e. The van der Waals surface area contributed by atoms with Crippen LogP contribution in [0.3, 0.4) is 0 Å². The SMILES string of the molecule is CC(C)(O)CN1CCN(c2nccc(C(N)=S)n2)CC1. The van der Waals surface area contributed by atoms with E-state index < -0.39 is 5.60 Å². The summed E-state index contributed by atoms with van der Waals surface area (Å²) in [5.74, 6) is 0.665. The second-order valence-electron chi connectivity index (χ2n) is 5.68. The third kappa shape index (κ3) is 4.09. The summed E-state index contributed by atoms with van der Waals surface area (Å²) in [7, 11) is 0. The second-order valence-corrected chi connectivity index (χ2v) is 6.12. The number of thiocarbonyl (C=S) groups is 1. The minimum atomic E-state index is -0.662. The molecule has 3 N–H and O–H groups in total. The molecule has 1 saturated heterocycles. The summed E-state index contributed by atoms with van der Waals surface area (Å²) in [6, 6.07) is 1.72. The van der Waals surface area contributed by atoms with E-state index in [0.717, 1.165) is 26.2 Å². The third-order valence-electron chi connectivity index (χ3n) is 3.16. The number of nitrogens with zero attached hydrogens (tertiary/aromatic N) is 4. The molecule has 1 fully saturated rings. The first-order chi connectivity index (χ1) is 9.35. The molecule has 6 nitrogen and oxygen atoms in total. The number of hydrogen-bond donors (Lipinski definition) is 2. The van der Waals surface area contributed by atoms with Gasteiger partial charge >= 0.3 is 0 Å². The van der Waals surface area contributed by atoms with E-state index in [1.54, 1.807) is 12.3 Å². The van der Waals surface area contributed by atoms with Crippen molar-refractivity contribution in [3.63, 3.8) is 0 Å². The first kappa shape index (κ1) is 15.1. The largest absolute Gasteiger partial charge is 0.389 e. The van der Waals surface area contributed by atoms with Crippen LogP contribution in [-0.2, 0) is 0 Å². The Labute approximate surface area is 124 Å². The van der Waals surface area contributed by atoms with E-state index in [-0.39, 0.29) is 4.99 Å². The quantitative estimate of drug-likeness (QED) is 0.757. The van der Waals surface area contributed by atoms with E-state index in [1.807, 2.05) is 13.8 Å². The van der Waals surface area contributed by atoms with Crippen molar-refractivity contribution in [3.8, 4) is 0 Å². The molecule has 0 amide bonds. The number of piperazine rings is 1. The number of anilines is 1. The fraction of sp³-hybridized carbons (Fsp3) is 0.615. The van der Waals surface area contributed by atoms with Crippen LogP contribution in [0.5, 0.6) is 0 Å². The fourth-order valence-corrected chi connectivity index (χ4v) is 2.40. The van der Waals surface area contributed by atoms with Crippen molar-refractivity contribution in [3.05, 3.63) is 18.0 Å². The van der Waals surface area contributed by atoms with Gasteiger partial charge in [-0.3, -0.25) is 4.90 Å². The van der Waals surface area contributed by atoms with Gasteiger partial charge < -0.3 is 15.7 Å². The van der Waals surface area contributed by atoms with Crippen LogP contribution in [0.25, 0.3) is 0 Å². The molecule has 0 bridgehead atoms. The summed E-state index contributed by atoms with van der Waals surface area (Å²) in [6.07, 6.45) is 1.68. The van der Waals surface area contributed by atoms with E-state index in [0.29, 0.717) is 18.2 Å². The molecule has 0 atom stereocenters. The molecular weight excluding hydrogens is 274 g/mol. The van der Waals surface area contributed by atoms with Crippen LogP contribution in [0.1, 0.15) is 19.5 Å². The van der Waals surface area contributed by atoms with Crippen LogP contribution in [-0.4, -0.2) is 63.3 Å². The Hall–Kier alpha value is -1.31. The van der Waals surface area contributed by atoms with E-state index in [4.69, 9.17) is 18.0 Å². The zero-order chi connectivity index (χ0) is 14.8. The zero-order valence-corrected chi connectivity index (χ0v) is 12.7. The summed E-state index contributed by atoms with van der Waals surface area (Å²) in [6.45, 7) is 7.75. The van der Waals surface area contributed by atoms with Gasteiger partial charge in [0.25, 0.3) is 0 Å². The Balaban J connectivity index is 1.97. The Morgan fingerprint density at radius 2 is 2.05 bits per heavy atom. The highest BCUT2D eigenvalue weighted by atomic mass is 32.1. The Morgan fingerprint density at radius 3 is 2.60 bits per heavy atom. The topological polar surface area (TPSA) is 78.5 Å². The molecule has 7 heteroatoms. The van der Waals surface area contributed by atoms with E-state index in [9.17, 15) is 5.11 Å². The second kappa shape index (κ2) is 5.99.